The summed E-state index contributed by atoms with van der Waals surface area (Å²) in [5, 5.41) is 6.39. The van der Waals surface area contributed by atoms with Crippen molar-refractivity contribution < 1.29 is 18.7 Å². The molecule has 0 unspecified atom stereocenters. The zero-order valence-electron chi connectivity index (χ0n) is 14.7. The van der Waals surface area contributed by atoms with Crippen LogP contribution in [0.25, 0.3) is 10.8 Å². The fourth-order valence-corrected chi connectivity index (χ4v) is 3.38. The average Bonchev–Trinajstić information content (AvgIpc) is 3.29. The van der Waals surface area contributed by atoms with Gasteiger partial charge in [0.1, 0.15) is 0 Å². The summed E-state index contributed by atoms with van der Waals surface area (Å²) in [6.07, 6.45) is 1.61. The van der Waals surface area contributed by atoms with Gasteiger partial charge in [-0.25, -0.2) is 9.78 Å². The number of amides is 2. The average molecular weight is 373 g/mol. The summed E-state index contributed by atoms with van der Waals surface area (Å²) >= 11 is 1.49. The molecule has 0 atom stereocenters. The second-order valence-corrected chi connectivity index (χ2v) is 6.44. The van der Waals surface area contributed by atoms with Crippen LogP contribution in [-0.4, -0.2) is 25.2 Å². The van der Waals surface area contributed by atoms with Crippen molar-refractivity contribution in [3.05, 3.63) is 47.2 Å². The summed E-state index contributed by atoms with van der Waals surface area (Å²) in [6.45, 7) is 2.27. The number of thiazole rings is 1. The van der Waals surface area contributed by atoms with Gasteiger partial charge in [-0.05, 0) is 31.2 Å². The minimum atomic E-state index is -0.344. The molecular formula is C18H19N3O4S. The number of carbonyl (C=O) groups is 1. The second kappa shape index (κ2) is 7.92. The van der Waals surface area contributed by atoms with Gasteiger partial charge < -0.3 is 24.5 Å². The van der Waals surface area contributed by atoms with Crippen LogP contribution in [0.5, 0.6) is 11.5 Å². The first-order valence-electron chi connectivity index (χ1n) is 7.88. The van der Waals surface area contributed by atoms with Crippen LogP contribution in [0.1, 0.15) is 10.6 Å². The van der Waals surface area contributed by atoms with E-state index in [1.807, 2.05) is 19.1 Å². The van der Waals surface area contributed by atoms with E-state index in [0.29, 0.717) is 23.7 Å². The molecule has 2 aromatic heterocycles. The highest BCUT2D eigenvalue weighted by molar-refractivity contribution is 7.15. The van der Waals surface area contributed by atoms with Gasteiger partial charge in [0.15, 0.2) is 22.3 Å². The van der Waals surface area contributed by atoms with Crippen LogP contribution in [0, 0.1) is 6.92 Å². The third-order valence-electron chi connectivity index (χ3n) is 3.69. The molecule has 2 heterocycles. The molecule has 0 aliphatic heterocycles. The third kappa shape index (κ3) is 3.80. The lowest BCUT2D eigenvalue weighted by molar-refractivity contribution is 0.251. The molecule has 0 saturated carbocycles. The second-order valence-electron chi connectivity index (χ2n) is 5.35. The number of para-hydroxylation sites is 1. The standard InChI is InChI=1S/C18H19N3O4S/c1-11-15(26-17(20-11)14-8-5-9-25-14)10-19-18(22)21-12-6-4-7-13(23-2)16(12)24-3/h4-9H,10H2,1-3H3,(H2,19,21,22). The van der Waals surface area contributed by atoms with Gasteiger partial charge in [-0.3, -0.25) is 0 Å². The van der Waals surface area contributed by atoms with Crippen LogP contribution in [-0.2, 0) is 6.54 Å². The number of carbonyl (C=O) groups excluding carboxylic acids is 1. The first-order valence-corrected chi connectivity index (χ1v) is 8.70. The number of furan rings is 1. The lowest BCUT2D eigenvalue weighted by Crippen LogP contribution is -2.28. The summed E-state index contributed by atoms with van der Waals surface area (Å²) in [4.78, 5) is 17.7. The molecule has 3 rings (SSSR count). The largest absolute Gasteiger partial charge is 0.493 e. The van der Waals surface area contributed by atoms with Crippen molar-refractivity contribution in [2.45, 2.75) is 13.5 Å². The molecule has 8 heteroatoms. The first kappa shape index (κ1) is 17.8. The number of methoxy groups -OCH3 is 2. The minimum Gasteiger partial charge on any atom is -0.493 e. The lowest BCUT2D eigenvalue weighted by atomic mass is 10.2. The van der Waals surface area contributed by atoms with E-state index in [2.05, 4.69) is 15.6 Å². The summed E-state index contributed by atoms with van der Waals surface area (Å²) < 4.78 is 15.9. The quantitative estimate of drug-likeness (QED) is 0.681. The molecule has 2 amide bonds. The van der Waals surface area contributed by atoms with Gasteiger partial charge in [-0.2, -0.15) is 0 Å². The number of anilines is 1. The van der Waals surface area contributed by atoms with Crippen LogP contribution < -0.4 is 20.1 Å². The lowest BCUT2D eigenvalue weighted by Gasteiger charge is -2.13. The van der Waals surface area contributed by atoms with E-state index in [-0.39, 0.29) is 6.03 Å². The highest BCUT2D eigenvalue weighted by Gasteiger charge is 2.14. The molecule has 3 aromatic rings. The molecule has 0 spiro atoms. The number of hydrogen-bond acceptors (Lipinski definition) is 6. The summed E-state index contributed by atoms with van der Waals surface area (Å²) in [5.74, 6) is 1.74. The molecule has 0 aliphatic carbocycles. The van der Waals surface area contributed by atoms with E-state index in [0.717, 1.165) is 21.3 Å². The normalized spacial score (nSPS) is 10.4. The number of nitrogens with zero attached hydrogens (tertiary/aromatic N) is 1. The number of ether oxygens (including phenoxy) is 2. The first-order chi connectivity index (χ1) is 12.6. The molecule has 0 saturated heterocycles. The van der Waals surface area contributed by atoms with Crippen LogP contribution in [0.4, 0.5) is 10.5 Å². The number of aryl methyl sites for hydroxylation is 1. The van der Waals surface area contributed by atoms with E-state index >= 15 is 0 Å². The highest BCUT2D eigenvalue weighted by atomic mass is 32.1. The Balaban J connectivity index is 1.65. The van der Waals surface area contributed by atoms with Crippen LogP contribution in [0.2, 0.25) is 0 Å². The number of hydrogen-bond donors (Lipinski definition) is 2. The predicted octanol–water partition coefficient (Wildman–Crippen LogP) is 4.05. The predicted molar refractivity (Wildman–Crippen MR) is 100.0 cm³/mol. The Morgan fingerprint density at radius 1 is 1.23 bits per heavy atom. The molecule has 1 aromatic carbocycles. The van der Waals surface area contributed by atoms with Gasteiger partial charge in [-0.15, -0.1) is 11.3 Å². The maximum Gasteiger partial charge on any atom is 0.319 e. The number of aromatic nitrogens is 1. The zero-order chi connectivity index (χ0) is 18.5. The summed E-state index contributed by atoms with van der Waals surface area (Å²) in [5.41, 5.74) is 1.39. The Morgan fingerprint density at radius 2 is 2.08 bits per heavy atom. The third-order valence-corrected chi connectivity index (χ3v) is 4.86. The van der Waals surface area contributed by atoms with Gasteiger partial charge in [0, 0.05) is 4.88 Å². The van der Waals surface area contributed by atoms with E-state index < -0.39 is 0 Å². The Hall–Kier alpha value is -3.00. The van der Waals surface area contributed by atoms with Crippen LogP contribution >= 0.6 is 11.3 Å². The smallest absolute Gasteiger partial charge is 0.319 e. The minimum absolute atomic E-state index is 0.344. The molecule has 0 radical (unpaired) electrons. The highest BCUT2D eigenvalue weighted by Crippen LogP contribution is 2.34. The van der Waals surface area contributed by atoms with Gasteiger partial charge in [0.05, 0.1) is 38.4 Å². The van der Waals surface area contributed by atoms with Gasteiger partial charge in [0.2, 0.25) is 0 Å². The number of rotatable bonds is 6. The Bertz CT molecular complexity index is 890. The zero-order valence-corrected chi connectivity index (χ0v) is 15.5. The van der Waals surface area contributed by atoms with E-state index in [9.17, 15) is 4.79 Å². The molecule has 136 valence electrons. The Morgan fingerprint density at radius 3 is 2.77 bits per heavy atom. The van der Waals surface area contributed by atoms with Crippen LogP contribution in [0.3, 0.4) is 0 Å². The molecular weight excluding hydrogens is 354 g/mol. The van der Waals surface area contributed by atoms with Crippen molar-refractivity contribution in [1.82, 2.24) is 10.3 Å². The molecule has 0 aliphatic rings. The number of benzene rings is 1. The van der Waals surface area contributed by atoms with E-state index in [1.165, 1.54) is 18.4 Å². The summed E-state index contributed by atoms with van der Waals surface area (Å²) in [7, 11) is 3.07. The monoisotopic (exact) mass is 373 g/mol. The molecule has 0 fully saturated rings. The van der Waals surface area contributed by atoms with Crippen molar-refractivity contribution in [1.29, 1.82) is 0 Å². The van der Waals surface area contributed by atoms with Crippen molar-refractivity contribution in [3.8, 4) is 22.3 Å². The SMILES string of the molecule is COc1cccc(NC(=O)NCc2sc(-c3ccco3)nc2C)c1OC. The van der Waals surface area contributed by atoms with Crippen LogP contribution in [0.15, 0.2) is 41.0 Å². The Labute approximate surface area is 155 Å². The fourth-order valence-electron chi connectivity index (χ4n) is 2.41. The van der Waals surface area contributed by atoms with Crippen molar-refractivity contribution >= 4 is 23.1 Å². The molecule has 7 nitrogen and oxygen atoms in total. The van der Waals surface area contributed by atoms with Crippen molar-refractivity contribution in [2.75, 3.05) is 19.5 Å². The maximum atomic E-state index is 12.2. The molecule has 0 bridgehead atoms. The Kier molecular flexibility index (Phi) is 5.43. The van der Waals surface area contributed by atoms with E-state index in [1.54, 1.807) is 31.6 Å². The van der Waals surface area contributed by atoms with Gasteiger partial charge in [0.25, 0.3) is 0 Å². The van der Waals surface area contributed by atoms with Crippen molar-refractivity contribution in [2.24, 2.45) is 0 Å². The molecule has 26 heavy (non-hydrogen) atoms. The number of nitrogens with one attached hydrogen (secondary N) is 2. The van der Waals surface area contributed by atoms with Crippen molar-refractivity contribution in [3.63, 3.8) is 0 Å². The molecule has 2 N–H and O–H groups in total. The maximum absolute atomic E-state index is 12.2. The summed E-state index contributed by atoms with van der Waals surface area (Å²) in [6, 6.07) is 8.62. The van der Waals surface area contributed by atoms with Gasteiger partial charge >= 0.3 is 6.03 Å². The van der Waals surface area contributed by atoms with Gasteiger partial charge in [-0.1, -0.05) is 6.07 Å². The fraction of sp³-hybridized carbons (Fsp3) is 0.222. The topological polar surface area (TPSA) is 85.6 Å². The number of urea groups is 1. The van der Waals surface area contributed by atoms with E-state index in [4.69, 9.17) is 13.9 Å².